The maximum atomic E-state index is 14.3. The van der Waals surface area contributed by atoms with Crippen molar-refractivity contribution >= 4 is 16.9 Å². The van der Waals surface area contributed by atoms with E-state index in [0.717, 1.165) is 17.7 Å². The largest absolute Gasteiger partial charge is 0.461 e. The van der Waals surface area contributed by atoms with Gasteiger partial charge in [-0.05, 0) is 36.6 Å². The van der Waals surface area contributed by atoms with Crippen molar-refractivity contribution in [2.75, 3.05) is 6.61 Å². The van der Waals surface area contributed by atoms with Gasteiger partial charge in [-0.2, -0.15) is 8.78 Å². The van der Waals surface area contributed by atoms with Crippen molar-refractivity contribution in [2.24, 2.45) is 0 Å². The molecule has 35 heavy (non-hydrogen) atoms. The molecule has 1 heterocycles. The van der Waals surface area contributed by atoms with E-state index in [1.165, 1.54) is 28.2 Å². The normalized spacial score (nSPS) is 11.5. The molecule has 4 rings (SSSR count). The molecule has 0 radical (unpaired) electrons. The van der Waals surface area contributed by atoms with Crippen LogP contribution in [0.25, 0.3) is 10.9 Å². The van der Waals surface area contributed by atoms with E-state index in [0.29, 0.717) is 22.9 Å². The van der Waals surface area contributed by atoms with E-state index in [2.05, 4.69) is 4.74 Å². The van der Waals surface area contributed by atoms with Crippen LogP contribution in [0.5, 0.6) is 0 Å². The molecule has 0 aliphatic carbocycles. The SMILES string of the molecule is CCOC(=O)C(F)(F)c1ccc(Cn2c(=O)n(CCc3ccccc3)c(=O)c3ccccc32)cc1. The summed E-state index contributed by atoms with van der Waals surface area (Å²) < 4.78 is 35.8. The Morgan fingerprint density at radius 2 is 1.51 bits per heavy atom. The van der Waals surface area contributed by atoms with Crippen molar-refractivity contribution < 1.29 is 18.3 Å². The Morgan fingerprint density at radius 3 is 2.20 bits per heavy atom. The molecule has 0 bridgehead atoms. The van der Waals surface area contributed by atoms with Crippen LogP contribution < -0.4 is 11.2 Å². The van der Waals surface area contributed by atoms with Crippen LogP contribution in [-0.4, -0.2) is 21.7 Å². The minimum absolute atomic E-state index is 0.0657. The van der Waals surface area contributed by atoms with E-state index in [4.69, 9.17) is 0 Å². The van der Waals surface area contributed by atoms with E-state index < -0.39 is 23.1 Å². The van der Waals surface area contributed by atoms with Crippen LogP contribution in [0.3, 0.4) is 0 Å². The van der Waals surface area contributed by atoms with Crippen molar-refractivity contribution in [3.05, 3.63) is 116 Å². The van der Waals surface area contributed by atoms with E-state index in [1.807, 2.05) is 30.3 Å². The number of nitrogens with zero attached hydrogens (tertiary/aromatic N) is 2. The molecule has 0 spiro atoms. The molecule has 0 fully saturated rings. The zero-order valence-electron chi connectivity index (χ0n) is 19.1. The fraction of sp³-hybridized carbons (Fsp3) is 0.222. The Hall–Kier alpha value is -4.07. The Balaban J connectivity index is 1.69. The summed E-state index contributed by atoms with van der Waals surface area (Å²) in [7, 11) is 0. The third-order valence-corrected chi connectivity index (χ3v) is 5.79. The van der Waals surface area contributed by atoms with Crippen molar-refractivity contribution in [2.45, 2.75) is 32.4 Å². The number of aromatic nitrogens is 2. The summed E-state index contributed by atoms with van der Waals surface area (Å²) in [5.74, 6) is -5.39. The Labute approximate surface area is 200 Å². The smallest absolute Gasteiger partial charge is 0.381 e. The first-order valence-corrected chi connectivity index (χ1v) is 11.2. The fourth-order valence-corrected chi connectivity index (χ4v) is 3.95. The summed E-state index contributed by atoms with van der Waals surface area (Å²) in [4.78, 5) is 38.0. The number of alkyl halides is 2. The van der Waals surface area contributed by atoms with Crippen molar-refractivity contribution in [3.63, 3.8) is 0 Å². The standard InChI is InChI=1S/C27H24F2N2O4/c1-2-35-25(33)27(28,29)21-14-12-20(13-15-21)18-31-23-11-7-6-10-22(23)24(32)30(26(31)34)17-16-19-8-4-3-5-9-19/h3-15H,2,16-18H2,1H3. The Kier molecular flexibility index (Phi) is 6.91. The highest BCUT2D eigenvalue weighted by Crippen LogP contribution is 2.29. The Bertz CT molecular complexity index is 1460. The first-order valence-electron chi connectivity index (χ1n) is 11.2. The third kappa shape index (κ3) is 4.91. The maximum absolute atomic E-state index is 14.3. The number of rotatable bonds is 8. The van der Waals surface area contributed by atoms with Gasteiger partial charge in [0.2, 0.25) is 0 Å². The van der Waals surface area contributed by atoms with Gasteiger partial charge in [0.15, 0.2) is 0 Å². The number of carbonyl (C=O) groups is 1. The minimum Gasteiger partial charge on any atom is -0.461 e. The molecule has 1 aromatic heterocycles. The molecule has 0 saturated heterocycles. The monoisotopic (exact) mass is 478 g/mol. The number of halogens is 2. The molecule has 3 aromatic carbocycles. The van der Waals surface area contributed by atoms with Gasteiger partial charge in [0.05, 0.1) is 24.1 Å². The van der Waals surface area contributed by atoms with E-state index in [1.54, 1.807) is 24.3 Å². The van der Waals surface area contributed by atoms with Gasteiger partial charge in [-0.3, -0.25) is 13.9 Å². The summed E-state index contributed by atoms with van der Waals surface area (Å²) >= 11 is 0. The molecular formula is C27H24F2N2O4. The number of benzene rings is 3. The van der Waals surface area contributed by atoms with Crippen molar-refractivity contribution in [1.82, 2.24) is 9.13 Å². The second-order valence-electron chi connectivity index (χ2n) is 8.07. The van der Waals surface area contributed by atoms with Gasteiger partial charge in [0, 0.05) is 12.1 Å². The van der Waals surface area contributed by atoms with Gasteiger partial charge in [0.25, 0.3) is 5.56 Å². The third-order valence-electron chi connectivity index (χ3n) is 5.79. The van der Waals surface area contributed by atoms with E-state index in [-0.39, 0.29) is 25.3 Å². The molecule has 0 aliphatic heterocycles. The number of esters is 1. The zero-order chi connectivity index (χ0) is 25.0. The average molecular weight is 478 g/mol. The first kappa shape index (κ1) is 24.1. The molecular weight excluding hydrogens is 454 g/mol. The van der Waals surface area contributed by atoms with E-state index >= 15 is 0 Å². The van der Waals surface area contributed by atoms with Crippen molar-refractivity contribution in [3.8, 4) is 0 Å². The molecule has 0 unspecified atom stereocenters. The lowest BCUT2D eigenvalue weighted by molar-refractivity contribution is -0.173. The van der Waals surface area contributed by atoms with Gasteiger partial charge < -0.3 is 4.74 Å². The number of ether oxygens (including phenoxy) is 1. The van der Waals surface area contributed by atoms with Gasteiger partial charge in [-0.25, -0.2) is 9.59 Å². The van der Waals surface area contributed by atoms with Crippen LogP contribution in [0.4, 0.5) is 8.78 Å². The average Bonchev–Trinajstić information content (AvgIpc) is 2.87. The van der Waals surface area contributed by atoms with E-state index in [9.17, 15) is 23.2 Å². The van der Waals surface area contributed by atoms with Gasteiger partial charge in [-0.15, -0.1) is 0 Å². The molecule has 0 saturated carbocycles. The molecule has 8 heteroatoms. The number of carbonyl (C=O) groups excluding carboxylic acids is 1. The summed E-state index contributed by atoms with van der Waals surface area (Å²) in [6, 6.07) is 21.5. The first-order chi connectivity index (χ1) is 16.8. The zero-order valence-corrected chi connectivity index (χ0v) is 19.1. The Morgan fingerprint density at radius 1 is 0.857 bits per heavy atom. The van der Waals surface area contributed by atoms with Crippen LogP contribution in [0.2, 0.25) is 0 Å². The number of fused-ring (bicyclic) bond motifs is 1. The summed E-state index contributed by atoms with van der Waals surface area (Å²) in [5, 5.41) is 0.394. The highest BCUT2D eigenvalue weighted by Gasteiger charge is 2.42. The molecule has 4 aromatic rings. The minimum atomic E-state index is -3.78. The van der Waals surface area contributed by atoms with Gasteiger partial charge in [0.1, 0.15) is 0 Å². The molecule has 0 amide bonds. The number of hydrogen-bond donors (Lipinski definition) is 0. The molecule has 0 aliphatic rings. The van der Waals surface area contributed by atoms with Crippen LogP contribution >= 0.6 is 0 Å². The highest BCUT2D eigenvalue weighted by molar-refractivity contribution is 5.79. The lowest BCUT2D eigenvalue weighted by Crippen LogP contribution is -2.40. The lowest BCUT2D eigenvalue weighted by Gasteiger charge is -2.16. The second-order valence-corrected chi connectivity index (χ2v) is 8.07. The summed E-state index contributed by atoms with van der Waals surface area (Å²) in [6.45, 7) is 1.58. The fourth-order valence-electron chi connectivity index (χ4n) is 3.95. The summed E-state index contributed by atoms with van der Waals surface area (Å²) in [6.07, 6.45) is 0.506. The summed E-state index contributed by atoms with van der Waals surface area (Å²) in [5.41, 5.74) is 0.669. The number of aryl methyl sites for hydroxylation is 1. The molecule has 180 valence electrons. The number of hydrogen-bond acceptors (Lipinski definition) is 4. The van der Waals surface area contributed by atoms with Crippen LogP contribution in [0.15, 0.2) is 88.5 Å². The lowest BCUT2D eigenvalue weighted by atomic mass is 10.1. The molecule has 0 N–H and O–H groups in total. The van der Waals surface area contributed by atoms with Crippen molar-refractivity contribution in [1.29, 1.82) is 0 Å². The second kappa shape index (κ2) is 10.0. The predicted octanol–water partition coefficient (Wildman–Crippen LogP) is 4.11. The van der Waals surface area contributed by atoms with Crippen LogP contribution in [0, 0.1) is 0 Å². The maximum Gasteiger partial charge on any atom is 0.381 e. The highest BCUT2D eigenvalue weighted by atomic mass is 19.3. The van der Waals surface area contributed by atoms with Gasteiger partial charge >= 0.3 is 17.6 Å². The number of para-hydroxylation sites is 1. The predicted molar refractivity (Wildman–Crippen MR) is 129 cm³/mol. The molecule has 6 nitrogen and oxygen atoms in total. The van der Waals surface area contributed by atoms with Gasteiger partial charge in [-0.1, -0.05) is 66.7 Å². The topological polar surface area (TPSA) is 70.3 Å². The van der Waals surface area contributed by atoms with Crippen LogP contribution in [0.1, 0.15) is 23.6 Å². The quantitative estimate of drug-likeness (QED) is 0.358. The van der Waals surface area contributed by atoms with Crippen LogP contribution in [-0.2, 0) is 35.0 Å². The molecule has 0 atom stereocenters.